The molecule has 3 atom stereocenters. The number of hydrogen-bond acceptors (Lipinski definition) is 4. The molecule has 23 heavy (non-hydrogen) atoms. The molecule has 0 aromatic carbocycles. The highest BCUT2D eigenvalue weighted by Gasteiger charge is 2.37. The summed E-state index contributed by atoms with van der Waals surface area (Å²) in [6.45, 7) is 2.22. The molecular formula is C19H34O4. The second-order valence-electron chi connectivity index (χ2n) is 6.50. The zero-order valence-corrected chi connectivity index (χ0v) is 14.8. The molecule has 0 unspecified atom stereocenters. The summed E-state index contributed by atoms with van der Waals surface area (Å²) in [4.78, 5) is 10.9. The molecule has 1 fully saturated rings. The highest BCUT2D eigenvalue weighted by atomic mass is 16.6. The molecule has 0 aromatic heterocycles. The van der Waals surface area contributed by atoms with Crippen LogP contribution < -0.4 is 0 Å². The maximum absolute atomic E-state index is 10.9. The van der Waals surface area contributed by atoms with Gasteiger partial charge in [0.15, 0.2) is 0 Å². The van der Waals surface area contributed by atoms with Crippen molar-refractivity contribution >= 4 is 5.97 Å². The lowest BCUT2D eigenvalue weighted by atomic mass is 10.0. The maximum Gasteiger partial charge on any atom is 0.330 e. The Balaban J connectivity index is 1.88. The summed E-state index contributed by atoms with van der Waals surface area (Å²) >= 11 is 0. The molecule has 0 aliphatic carbocycles. The van der Waals surface area contributed by atoms with Gasteiger partial charge in [-0.2, -0.15) is 0 Å². The Morgan fingerprint density at radius 2 is 1.91 bits per heavy atom. The molecule has 0 bridgehead atoms. The minimum Gasteiger partial charge on any atom is -0.466 e. The lowest BCUT2D eigenvalue weighted by Gasteiger charge is -2.09. The third kappa shape index (κ3) is 10.5. The van der Waals surface area contributed by atoms with Crippen LogP contribution >= 0.6 is 0 Å². The van der Waals surface area contributed by atoms with E-state index in [9.17, 15) is 9.90 Å². The fourth-order valence-electron chi connectivity index (χ4n) is 2.85. The molecule has 0 spiro atoms. The summed E-state index contributed by atoms with van der Waals surface area (Å²) in [5.41, 5.74) is 0. The van der Waals surface area contributed by atoms with Crippen molar-refractivity contribution in [2.75, 3.05) is 7.11 Å². The molecule has 4 nitrogen and oxygen atoms in total. The molecule has 4 heteroatoms. The van der Waals surface area contributed by atoms with E-state index in [-0.39, 0.29) is 12.1 Å². The second kappa shape index (κ2) is 12.5. The fourth-order valence-corrected chi connectivity index (χ4v) is 2.85. The monoisotopic (exact) mass is 326 g/mol. The number of rotatable bonds is 14. The van der Waals surface area contributed by atoms with E-state index < -0.39 is 0 Å². The van der Waals surface area contributed by atoms with Gasteiger partial charge in [-0.1, -0.05) is 45.1 Å². The number of aliphatic hydroxyl groups excluding tert-OH is 1. The Kier molecular flexibility index (Phi) is 11.0. The molecule has 0 aromatic rings. The van der Waals surface area contributed by atoms with E-state index in [2.05, 4.69) is 11.7 Å². The van der Waals surface area contributed by atoms with Gasteiger partial charge >= 0.3 is 5.97 Å². The van der Waals surface area contributed by atoms with Gasteiger partial charge in [0, 0.05) is 6.08 Å². The van der Waals surface area contributed by atoms with E-state index in [0.29, 0.717) is 12.2 Å². The number of ether oxygens (including phenoxy) is 2. The highest BCUT2D eigenvalue weighted by molar-refractivity contribution is 5.81. The van der Waals surface area contributed by atoms with E-state index in [1.54, 1.807) is 0 Å². The third-order valence-corrected chi connectivity index (χ3v) is 4.43. The molecule has 1 heterocycles. The van der Waals surface area contributed by atoms with E-state index in [4.69, 9.17) is 4.74 Å². The summed E-state index contributed by atoms with van der Waals surface area (Å²) in [6.07, 6.45) is 15.8. The molecule has 134 valence electrons. The Bertz CT molecular complexity index is 340. The summed E-state index contributed by atoms with van der Waals surface area (Å²) in [6, 6.07) is 0. The number of hydrogen-bond donors (Lipinski definition) is 1. The van der Waals surface area contributed by atoms with Gasteiger partial charge in [0.2, 0.25) is 0 Å². The first kappa shape index (κ1) is 20.2. The van der Waals surface area contributed by atoms with Crippen LogP contribution in [-0.2, 0) is 14.3 Å². The topological polar surface area (TPSA) is 59.1 Å². The molecule has 0 saturated carbocycles. The zero-order valence-electron chi connectivity index (χ0n) is 14.8. The molecule has 1 N–H and O–H groups in total. The van der Waals surface area contributed by atoms with Crippen LogP contribution in [0, 0.1) is 0 Å². The Labute approximate surface area is 141 Å². The molecule has 1 aliphatic heterocycles. The average Bonchev–Trinajstić information content (AvgIpc) is 3.30. The Morgan fingerprint density at radius 3 is 2.65 bits per heavy atom. The van der Waals surface area contributed by atoms with Crippen molar-refractivity contribution in [2.24, 2.45) is 0 Å². The first-order valence-corrected chi connectivity index (χ1v) is 9.25. The number of carbonyl (C=O) groups is 1. The van der Waals surface area contributed by atoms with Gasteiger partial charge in [0.25, 0.3) is 0 Å². The number of aliphatic hydroxyl groups is 1. The van der Waals surface area contributed by atoms with E-state index in [1.807, 2.05) is 6.08 Å². The third-order valence-electron chi connectivity index (χ3n) is 4.43. The standard InChI is InChI=1S/C19H34O4/c1-3-4-8-12-17-18(23-17)15-14-16(20)11-9-6-5-7-10-13-19(21)22-2/h10,13,16-18,20H,3-9,11-12,14-15H2,1-2H3/t16-,17-,18+/m0/s1. The number of methoxy groups -OCH3 is 1. The van der Waals surface area contributed by atoms with Crippen molar-refractivity contribution in [1.82, 2.24) is 0 Å². The van der Waals surface area contributed by atoms with Gasteiger partial charge in [-0.15, -0.1) is 0 Å². The van der Waals surface area contributed by atoms with Crippen LogP contribution in [0.3, 0.4) is 0 Å². The molecule has 1 rings (SSSR count). The van der Waals surface area contributed by atoms with Crippen LogP contribution in [0.25, 0.3) is 0 Å². The molecule has 1 saturated heterocycles. The highest BCUT2D eigenvalue weighted by Crippen LogP contribution is 2.31. The van der Waals surface area contributed by atoms with E-state index >= 15 is 0 Å². The molecular weight excluding hydrogens is 292 g/mol. The van der Waals surface area contributed by atoms with Crippen molar-refractivity contribution in [3.05, 3.63) is 12.2 Å². The lowest BCUT2D eigenvalue weighted by Crippen LogP contribution is -2.08. The second-order valence-corrected chi connectivity index (χ2v) is 6.50. The van der Waals surface area contributed by atoms with Crippen LogP contribution in [0.2, 0.25) is 0 Å². The smallest absolute Gasteiger partial charge is 0.330 e. The Morgan fingerprint density at radius 1 is 1.13 bits per heavy atom. The van der Waals surface area contributed by atoms with E-state index in [1.165, 1.54) is 38.9 Å². The van der Waals surface area contributed by atoms with Crippen molar-refractivity contribution in [1.29, 1.82) is 0 Å². The first-order chi connectivity index (χ1) is 11.2. The van der Waals surface area contributed by atoms with Gasteiger partial charge in [0.1, 0.15) is 0 Å². The van der Waals surface area contributed by atoms with Crippen molar-refractivity contribution in [3.63, 3.8) is 0 Å². The van der Waals surface area contributed by atoms with E-state index in [0.717, 1.165) is 44.9 Å². The zero-order chi connectivity index (χ0) is 16.9. The largest absolute Gasteiger partial charge is 0.466 e. The predicted octanol–water partition coefficient (Wildman–Crippen LogP) is 4.15. The summed E-state index contributed by atoms with van der Waals surface area (Å²) in [5.74, 6) is -0.296. The normalized spacial score (nSPS) is 21.5. The van der Waals surface area contributed by atoms with Crippen LogP contribution in [-0.4, -0.2) is 36.5 Å². The van der Waals surface area contributed by atoms with Gasteiger partial charge in [-0.05, 0) is 38.5 Å². The van der Waals surface area contributed by atoms with Crippen LogP contribution in [0.1, 0.15) is 77.6 Å². The quantitative estimate of drug-likeness (QED) is 0.225. The van der Waals surface area contributed by atoms with Crippen molar-refractivity contribution in [2.45, 2.75) is 95.9 Å². The number of carbonyl (C=O) groups excluding carboxylic acids is 1. The summed E-state index contributed by atoms with van der Waals surface area (Å²) < 4.78 is 10.2. The predicted molar refractivity (Wildman–Crippen MR) is 92.3 cm³/mol. The number of unbranched alkanes of at least 4 members (excludes halogenated alkanes) is 5. The van der Waals surface area contributed by atoms with Crippen molar-refractivity contribution in [3.8, 4) is 0 Å². The van der Waals surface area contributed by atoms with Crippen LogP contribution in [0.15, 0.2) is 12.2 Å². The first-order valence-electron chi connectivity index (χ1n) is 9.25. The van der Waals surface area contributed by atoms with Crippen LogP contribution in [0.4, 0.5) is 0 Å². The average molecular weight is 326 g/mol. The fraction of sp³-hybridized carbons (Fsp3) is 0.842. The summed E-state index contributed by atoms with van der Waals surface area (Å²) in [7, 11) is 1.38. The summed E-state index contributed by atoms with van der Waals surface area (Å²) in [5, 5.41) is 10.0. The maximum atomic E-state index is 10.9. The molecule has 1 aliphatic rings. The van der Waals surface area contributed by atoms with Crippen LogP contribution in [0.5, 0.6) is 0 Å². The van der Waals surface area contributed by atoms with Gasteiger partial charge in [0.05, 0.1) is 25.4 Å². The van der Waals surface area contributed by atoms with Gasteiger partial charge in [-0.3, -0.25) is 0 Å². The number of esters is 1. The number of epoxide rings is 1. The van der Waals surface area contributed by atoms with Crippen molar-refractivity contribution < 1.29 is 19.4 Å². The van der Waals surface area contributed by atoms with Gasteiger partial charge < -0.3 is 14.6 Å². The lowest BCUT2D eigenvalue weighted by molar-refractivity contribution is -0.134. The molecule has 0 amide bonds. The molecule has 0 radical (unpaired) electrons. The minimum atomic E-state index is -0.296. The Hall–Kier alpha value is -0.870. The minimum absolute atomic E-state index is 0.193. The number of allylic oxidation sites excluding steroid dienone is 1. The SMILES string of the molecule is CCCCC[C@@H]1O[C@@H]1CC[C@@H](O)CCCCCC=CC(=O)OC. The van der Waals surface area contributed by atoms with Gasteiger partial charge in [-0.25, -0.2) is 4.79 Å².